The van der Waals surface area contributed by atoms with Crippen LogP contribution in [-0.2, 0) is 4.74 Å². The lowest BCUT2D eigenvalue weighted by Crippen LogP contribution is -2.28. The summed E-state index contributed by atoms with van der Waals surface area (Å²) < 4.78 is 5.39. The molecular formula is C14H14ClNO2S. The molecule has 0 saturated heterocycles. The second kappa shape index (κ2) is 6.70. The molecule has 0 spiro atoms. The van der Waals surface area contributed by atoms with Gasteiger partial charge in [0.25, 0.3) is 5.91 Å². The lowest BCUT2D eigenvalue weighted by Gasteiger charge is -2.17. The van der Waals surface area contributed by atoms with E-state index in [0.717, 1.165) is 5.56 Å². The number of rotatable bonds is 5. The number of methoxy groups -OCH3 is 1. The van der Waals surface area contributed by atoms with Gasteiger partial charge >= 0.3 is 0 Å². The minimum absolute atomic E-state index is 0.0934. The van der Waals surface area contributed by atoms with Crippen molar-refractivity contribution in [1.82, 2.24) is 5.32 Å². The molecule has 1 N–H and O–H groups in total. The van der Waals surface area contributed by atoms with Crippen molar-refractivity contribution in [2.45, 2.75) is 6.10 Å². The largest absolute Gasteiger partial charge is 0.375 e. The van der Waals surface area contributed by atoms with Gasteiger partial charge in [-0.15, -0.1) is 11.3 Å². The fraction of sp³-hybridized carbons (Fsp3) is 0.214. The number of ether oxygens (including phenoxy) is 1. The van der Waals surface area contributed by atoms with Gasteiger partial charge in [0, 0.05) is 24.2 Å². The van der Waals surface area contributed by atoms with E-state index in [4.69, 9.17) is 16.3 Å². The number of amides is 1. The van der Waals surface area contributed by atoms with Gasteiger partial charge < -0.3 is 10.1 Å². The zero-order valence-corrected chi connectivity index (χ0v) is 12.0. The Labute approximate surface area is 121 Å². The first-order chi connectivity index (χ1) is 9.22. The Bertz CT molecular complexity index is 542. The molecule has 0 bridgehead atoms. The zero-order valence-electron chi connectivity index (χ0n) is 10.4. The number of benzene rings is 1. The van der Waals surface area contributed by atoms with Gasteiger partial charge in [-0.2, -0.15) is 0 Å². The summed E-state index contributed by atoms with van der Waals surface area (Å²) in [5.74, 6) is -0.0934. The average molecular weight is 296 g/mol. The third-order valence-corrected chi connectivity index (χ3v) is 3.94. The van der Waals surface area contributed by atoms with E-state index in [1.54, 1.807) is 13.2 Å². The fourth-order valence-corrected chi connectivity index (χ4v) is 2.63. The van der Waals surface area contributed by atoms with Crippen LogP contribution in [0, 0.1) is 0 Å². The summed E-state index contributed by atoms with van der Waals surface area (Å²) in [5.41, 5.74) is 0.873. The number of carbonyl (C=O) groups is 1. The highest BCUT2D eigenvalue weighted by Crippen LogP contribution is 2.24. The van der Waals surface area contributed by atoms with Gasteiger partial charge in [0.1, 0.15) is 6.10 Å². The molecule has 0 aliphatic rings. The van der Waals surface area contributed by atoms with Crippen molar-refractivity contribution in [2.75, 3.05) is 13.7 Å². The lowest BCUT2D eigenvalue weighted by molar-refractivity contribution is 0.0831. The van der Waals surface area contributed by atoms with E-state index in [2.05, 4.69) is 5.32 Å². The minimum Gasteiger partial charge on any atom is -0.375 e. The third-order valence-electron chi connectivity index (χ3n) is 2.73. The van der Waals surface area contributed by atoms with Gasteiger partial charge in [0.05, 0.1) is 4.88 Å². The van der Waals surface area contributed by atoms with Crippen molar-refractivity contribution in [3.8, 4) is 0 Å². The van der Waals surface area contributed by atoms with Gasteiger partial charge in [-0.25, -0.2) is 0 Å². The molecule has 2 aromatic rings. The van der Waals surface area contributed by atoms with Gasteiger partial charge in [-0.3, -0.25) is 4.79 Å². The highest BCUT2D eigenvalue weighted by molar-refractivity contribution is 7.12. The van der Waals surface area contributed by atoms with E-state index in [-0.39, 0.29) is 12.0 Å². The fourth-order valence-electron chi connectivity index (χ4n) is 1.74. The predicted octanol–water partition coefficient (Wildman–Crippen LogP) is 3.52. The van der Waals surface area contributed by atoms with Crippen LogP contribution in [0.15, 0.2) is 41.8 Å². The Kier molecular flexibility index (Phi) is 4.96. The summed E-state index contributed by atoms with van der Waals surface area (Å²) in [6, 6.07) is 11.1. The minimum atomic E-state index is -0.252. The van der Waals surface area contributed by atoms with Crippen molar-refractivity contribution < 1.29 is 9.53 Å². The van der Waals surface area contributed by atoms with Crippen molar-refractivity contribution in [2.24, 2.45) is 0 Å². The van der Waals surface area contributed by atoms with Crippen LogP contribution in [0.3, 0.4) is 0 Å². The van der Waals surface area contributed by atoms with Crippen LogP contribution in [0.5, 0.6) is 0 Å². The molecule has 1 heterocycles. The van der Waals surface area contributed by atoms with Crippen molar-refractivity contribution >= 4 is 28.8 Å². The van der Waals surface area contributed by atoms with Crippen LogP contribution in [-0.4, -0.2) is 19.6 Å². The van der Waals surface area contributed by atoms with Crippen LogP contribution in [0.2, 0.25) is 5.02 Å². The van der Waals surface area contributed by atoms with Gasteiger partial charge in [-0.05, 0) is 17.5 Å². The number of thiophene rings is 1. The normalized spacial score (nSPS) is 12.1. The summed E-state index contributed by atoms with van der Waals surface area (Å²) in [7, 11) is 1.60. The number of nitrogens with one attached hydrogen (secondary N) is 1. The smallest absolute Gasteiger partial charge is 0.261 e. The van der Waals surface area contributed by atoms with E-state index >= 15 is 0 Å². The maximum absolute atomic E-state index is 11.9. The summed E-state index contributed by atoms with van der Waals surface area (Å²) >= 11 is 7.53. The van der Waals surface area contributed by atoms with Crippen LogP contribution >= 0.6 is 22.9 Å². The molecule has 1 aromatic carbocycles. The topological polar surface area (TPSA) is 38.3 Å². The van der Waals surface area contributed by atoms with Crippen LogP contribution in [0.1, 0.15) is 21.3 Å². The third kappa shape index (κ3) is 3.56. The molecule has 0 aliphatic heterocycles. The predicted molar refractivity (Wildman–Crippen MR) is 77.9 cm³/mol. The van der Waals surface area contributed by atoms with E-state index in [0.29, 0.717) is 16.4 Å². The Morgan fingerprint density at radius 2 is 2.16 bits per heavy atom. The first-order valence-electron chi connectivity index (χ1n) is 5.81. The first kappa shape index (κ1) is 14.1. The number of halogens is 1. The van der Waals surface area contributed by atoms with Crippen LogP contribution in [0.4, 0.5) is 0 Å². The highest BCUT2D eigenvalue weighted by Gasteiger charge is 2.15. The number of hydrogen-bond donors (Lipinski definition) is 1. The molecule has 100 valence electrons. The average Bonchev–Trinajstić information content (AvgIpc) is 2.95. The SMILES string of the molecule is COC(CNC(=O)c1cccs1)c1ccccc1Cl. The van der Waals surface area contributed by atoms with Crippen LogP contribution < -0.4 is 5.32 Å². The molecule has 19 heavy (non-hydrogen) atoms. The number of carbonyl (C=O) groups excluding carboxylic acids is 1. The lowest BCUT2D eigenvalue weighted by atomic mass is 10.1. The second-order valence-electron chi connectivity index (χ2n) is 3.93. The number of hydrogen-bond acceptors (Lipinski definition) is 3. The monoisotopic (exact) mass is 295 g/mol. The Morgan fingerprint density at radius 3 is 2.79 bits per heavy atom. The summed E-state index contributed by atoms with van der Waals surface area (Å²) in [5, 5.41) is 5.36. The van der Waals surface area contributed by atoms with Gasteiger partial charge in [0.2, 0.25) is 0 Å². The molecule has 1 amide bonds. The molecule has 0 aliphatic carbocycles. The molecule has 0 saturated carbocycles. The molecule has 3 nitrogen and oxygen atoms in total. The quantitative estimate of drug-likeness (QED) is 0.916. The van der Waals surface area contributed by atoms with E-state index in [1.165, 1.54) is 11.3 Å². The molecule has 1 atom stereocenters. The van der Waals surface area contributed by atoms with Crippen molar-refractivity contribution in [1.29, 1.82) is 0 Å². The molecular weight excluding hydrogens is 282 g/mol. The molecule has 0 fully saturated rings. The maximum Gasteiger partial charge on any atom is 0.261 e. The van der Waals surface area contributed by atoms with Gasteiger partial charge in [0.15, 0.2) is 0 Å². The summed E-state index contributed by atoms with van der Waals surface area (Å²) in [6.45, 7) is 0.386. The van der Waals surface area contributed by atoms with E-state index < -0.39 is 0 Å². The maximum atomic E-state index is 11.9. The summed E-state index contributed by atoms with van der Waals surface area (Å²) in [4.78, 5) is 12.5. The Balaban J connectivity index is 2.01. The standard InChI is InChI=1S/C14H14ClNO2S/c1-18-12(10-5-2-3-6-11(10)15)9-16-14(17)13-7-4-8-19-13/h2-8,12H,9H2,1H3,(H,16,17). The van der Waals surface area contributed by atoms with E-state index in [9.17, 15) is 4.79 Å². The van der Waals surface area contributed by atoms with Crippen LogP contribution in [0.25, 0.3) is 0 Å². The molecule has 1 aromatic heterocycles. The van der Waals surface area contributed by atoms with Crippen molar-refractivity contribution in [3.63, 3.8) is 0 Å². The molecule has 1 unspecified atom stereocenters. The second-order valence-corrected chi connectivity index (χ2v) is 5.29. The highest BCUT2D eigenvalue weighted by atomic mass is 35.5. The Hall–Kier alpha value is -1.36. The zero-order chi connectivity index (χ0) is 13.7. The summed E-state index contributed by atoms with van der Waals surface area (Å²) in [6.07, 6.45) is -0.252. The molecule has 0 radical (unpaired) electrons. The van der Waals surface area contributed by atoms with Gasteiger partial charge in [-0.1, -0.05) is 35.9 Å². The van der Waals surface area contributed by atoms with Crippen molar-refractivity contribution in [3.05, 3.63) is 57.2 Å². The Morgan fingerprint density at radius 1 is 1.37 bits per heavy atom. The first-order valence-corrected chi connectivity index (χ1v) is 7.07. The molecule has 2 rings (SSSR count). The molecule has 5 heteroatoms. The van der Waals surface area contributed by atoms with E-state index in [1.807, 2.05) is 35.7 Å².